The minimum Gasteiger partial charge on any atom is -0.376 e. The van der Waals surface area contributed by atoms with E-state index in [0.717, 1.165) is 4.31 Å². The van der Waals surface area contributed by atoms with Crippen LogP contribution in [0.5, 0.6) is 0 Å². The fourth-order valence-electron chi connectivity index (χ4n) is 2.07. The Bertz CT molecular complexity index is 881. The largest absolute Gasteiger partial charge is 0.376 e. The molecule has 3 N–H and O–H groups in total. The quantitative estimate of drug-likeness (QED) is 0.735. The molecule has 0 atom stereocenters. The number of nitrogens with one attached hydrogen (secondary N) is 1. The molecule has 8 nitrogen and oxygen atoms in total. The number of sulfonamides is 1. The lowest BCUT2D eigenvalue weighted by Gasteiger charge is -2.20. The fraction of sp³-hybridized carbons (Fsp3) is 0.333. The number of aromatic nitrogens is 1. The zero-order valence-corrected chi connectivity index (χ0v) is 17.3. The van der Waals surface area contributed by atoms with E-state index in [9.17, 15) is 13.2 Å². The Morgan fingerprint density at radius 1 is 1.27 bits per heavy atom. The molecule has 0 saturated carbocycles. The second kappa shape index (κ2) is 8.78. The summed E-state index contributed by atoms with van der Waals surface area (Å²) in [5.41, 5.74) is 6.83. The van der Waals surface area contributed by atoms with Crippen molar-refractivity contribution in [1.29, 1.82) is 0 Å². The number of nitrogens with zero attached hydrogens (tertiary/aromatic N) is 3. The SMILES string of the molecule is CN(C)c1ccc(S(=O)(=O)N(C)C)cc1NC(=O)c1csc(CN)n1.Cl. The molecule has 0 aliphatic carbocycles. The third kappa shape index (κ3) is 4.71. The first-order chi connectivity index (χ1) is 11.7. The van der Waals surface area contributed by atoms with Gasteiger partial charge in [-0.15, -0.1) is 23.7 Å². The zero-order chi connectivity index (χ0) is 18.8. The van der Waals surface area contributed by atoms with Crippen LogP contribution in [0.4, 0.5) is 11.4 Å². The van der Waals surface area contributed by atoms with Crippen molar-refractivity contribution in [3.8, 4) is 0 Å². The van der Waals surface area contributed by atoms with E-state index < -0.39 is 15.9 Å². The minimum absolute atomic E-state index is 0. The van der Waals surface area contributed by atoms with E-state index in [-0.39, 0.29) is 29.5 Å². The first-order valence-corrected chi connectivity index (χ1v) is 9.68. The van der Waals surface area contributed by atoms with Gasteiger partial charge in [0.05, 0.1) is 16.3 Å². The fourth-order valence-corrected chi connectivity index (χ4v) is 3.65. The van der Waals surface area contributed by atoms with Crippen molar-refractivity contribution in [3.05, 3.63) is 34.3 Å². The first kappa shape index (κ1) is 22.3. The average molecular weight is 420 g/mol. The molecule has 11 heteroatoms. The predicted octanol–water partition coefficient (Wildman–Crippen LogP) is 1.59. The Balaban J connectivity index is 0.00000338. The van der Waals surface area contributed by atoms with Gasteiger partial charge in [-0.2, -0.15) is 0 Å². The van der Waals surface area contributed by atoms with Crippen LogP contribution in [-0.4, -0.2) is 51.8 Å². The summed E-state index contributed by atoms with van der Waals surface area (Å²) in [6, 6.07) is 4.60. The molecule has 0 fully saturated rings. The molecule has 144 valence electrons. The molecule has 0 bridgehead atoms. The third-order valence-corrected chi connectivity index (χ3v) is 6.12. The lowest BCUT2D eigenvalue weighted by molar-refractivity contribution is 0.102. The molecule has 26 heavy (non-hydrogen) atoms. The molecule has 0 aliphatic heterocycles. The maximum absolute atomic E-state index is 12.4. The van der Waals surface area contributed by atoms with Gasteiger partial charge in [-0.05, 0) is 18.2 Å². The van der Waals surface area contributed by atoms with Gasteiger partial charge < -0.3 is 16.0 Å². The Labute approximate surface area is 163 Å². The molecule has 0 saturated heterocycles. The second-order valence-electron chi connectivity index (χ2n) is 5.65. The molecule has 1 aromatic heterocycles. The van der Waals surface area contributed by atoms with Crippen molar-refractivity contribution in [1.82, 2.24) is 9.29 Å². The summed E-state index contributed by atoms with van der Waals surface area (Å²) in [5, 5.41) is 5.01. The van der Waals surface area contributed by atoms with Crippen LogP contribution >= 0.6 is 23.7 Å². The van der Waals surface area contributed by atoms with Gasteiger partial charge in [0, 0.05) is 40.1 Å². The molecule has 2 rings (SSSR count). The standard InChI is InChI=1S/C15H21N5O3S2.ClH/c1-19(2)13-6-5-10(25(22,23)20(3)4)7-11(13)18-15(21)12-9-24-14(8-16)17-12;/h5-7,9H,8,16H2,1-4H3,(H,18,21);1H. The lowest BCUT2D eigenvalue weighted by atomic mass is 10.2. The highest BCUT2D eigenvalue weighted by Gasteiger charge is 2.21. The summed E-state index contributed by atoms with van der Waals surface area (Å²) in [4.78, 5) is 18.4. The number of benzene rings is 1. The summed E-state index contributed by atoms with van der Waals surface area (Å²) < 4.78 is 25.8. The lowest BCUT2D eigenvalue weighted by Crippen LogP contribution is -2.23. The third-order valence-electron chi connectivity index (χ3n) is 3.44. The van der Waals surface area contributed by atoms with E-state index in [1.165, 1.54) is 37.6 Å². The Morgan fingerprint density at radius 3 is 2.42 bits per heavy atom. The van der Waals surface area contributed by atoms with Crippen LogP contribution in [0, 0.1) is 0 Å². The summed E-state index contributed by atoms with van der Waals surface area (Å²) in [6.45, 7) is 0.261. The molecular weight excluding hydrogens is 398 g/mol. The van der Waals surface area contributed by atoms with Gasteiger partial charge in [-0.1, -0.05) is 0 Å². The van der Waals surface area contributed by atoms with Crippen LogP contribution in [0.2, 0.25) is 0 Å². The number of hydrogen-bond acceptors (Lipinski definition) is 7. The maximum Gasteiger partial charge on any atom is 0.275 e. The van der Waals surface area contributed by atoms with E-state index in [1.807, 2.05) is 0 Å². The number of amides is 1. The van der Waals surface area contributed by atoms with Gasteiger partial charge in [-0.3, -0.25) is 4.79 Å². The predicted molar refractivity (Wildman–Crippen MR) is 107 cm³/mol. The summed E-state index contributed by atoms with van der Waals surface area (Å²) in [5.74, 6) is -0.418. The molecule has 0 spiro atoms. The van der Waals surface area contributed by atoms with Crippen LogP contribution in [-0.2, 0) is 16.6 Å². The van der Waals surface area contributed by atoms with E-state index >= 15 is 0 Å². The summed E-state index contributed by atoms with van der Waals surface area (Å²) in [7, 11) is 2.91. The average Bonchev–Trinajstić information content (AvgIpc) is 3.03. The van der Waals surface area contributed by atoms with Crippen molar-refractivity contribution in [2.75, 3.05) is 38.4 Å². The van der Waals surface area contributed by atoms with Gasteiger partial charge in [-0.25, -0.2) is 17.7 Å². The van der Waals surface area contributed by atoms with Gasteiger partial charge in [0.15, 0.2) is 0 Å². The smallest absolute Gasteiger partial charge is 0.275 e. The normalized spacial score (nSPS) is 11.2. The van der Waals surface area contributed by atoms with Crippen molar-refractivity contribution >= 4 is 51.0 Å². The van der Waals surface area contributed by atoms with Crippen molar-refractivity contribution < 1.29 is 13.2 Å². The zero-order valence-electron chi connectivity index (χ0n) is 14.9. The van der Waals surface area contributed by atoms with Gasteiger partial charge >= 0.3 is 0 Å². The highest BCUT2D eigenvalue weighted by atomic mass is 35.5. The Hall–Kier alpha value is -1.72. The molecule has 0 aliphatic rings. The number of anilines is 2. The van der Waals surface area contributed by atoms with Gasteiger partial charge in [0.25, 0.3) is 5.91 Å². The number of halogens is 1. The molecular formula is C15H22ClN5O3S2. The minimum atomic E-state index is -3.61. The molecule has 2 aromatic rings. The second-order valence-corrected chi connectivity index (χ2v) is 8.74. The number of carbonyl (C=O) groups excluding carboxylic acids is 1. The first-order valence-electron chi connectivity index (χ1n) is 7.36. The number of hydrogen-bond donors (Lipinski definition) is 2. The Morgan fingerprint density at radius 2 is 1.92 bits per heavy atom. The maximum atomic E-state index is 12.4. The van der Waals surface area contributed by atoms with Gasteiger partial charge in [0.1, 0.15) is 10.7 Å². The van der Waals surface area contributed by atoms with Crippen LogP contribution < -0.4 is 16.0 Å². The highest BCUT2D eigenvalue weighted by molar-refractivity contribution is 7.89. The van der Waals surface area contributed by atoms with Crippen LogP contribution in [0.25, 0.3) is 0 Å². The molecule has 1 heterocycles. The van der Waals surface area contributed by atoms with Crippen LogP contribution in [0.3, 0.4) is 0 Å². The monoisotopic (exact) mass is 419 g/mol. The Kier molecular flexibility index (Phi) is 7.54. The number of nitrogens with two attached hydrogens (primary N) is 1. The van der Waals surface area contributed by atoms with Crippen LogP contribution in [0.1, 0.15) is 15.5 Å². The van der Waals surface area contributed by atoms with E-state index in [0.29, 0.717) is 16.4 Å². The van der Waals surface area contributed by atoms with Crippen LogP contribution in [0.15, 0.2) is 28.5 Å². The number of carbonyl (C=O) groups is 1. The summed E-state index contributed by atoms with van der Waals surface area (Å²) >= 11 is 1.30. The van der Waals surface area contributed by atoms with E-state index in [4.69, 9.17) is 5.73 Å². The van der Waals surface area contributed by atoms with E-state index in [1.54, 1.807) is 30.4 Å². The van der Waals surface area contributed by atoms with Crippen molar-refractivity contribution in [3.63, 3.8) is 0 Å². The van der Waals surface area contributed by atoms with Crippen molar-refractivity contribution in [2.24, 2.45) is 5.73 Å². The molecule has 0 radical (unpaired) electrons. The highest BCUT2D eigenvalue weighted by Crippen LogP contribution is 2.29. The number of rotatable bonds is 6. The molecule has 0 unspecified atom stereocenters. The van der Waals surface area contributed by atoms with Crippen molar-refractivity contribution in [2.45, 2.75) is 11.4 Å². The van der Waals surface area contributed by atoms with Gasteiger partial charge in [0.2, 0.25) is 10.0 Å². The topological polar surface area (TPSA) is 109 Å². The molecule has 1 aromatic carbocycles. The number of thiazole rings is 1. The van der Waals surface area contributed by atoms with E-state index in [2.05, 4.69) is 10.3 Å². The molecule has 1 amide bonds. The summed E-state index contributed by atoms with van der Waals surface area (Å²) in [6.07, 6.45) is 0.